The Kier molecular flexibility index (Phi) is 1.84. The molecule has 0 saturated carbocycles. The summed E-state index contributed by atoms with van der Waals surface area (Å²) in [6.45, 7) is 4.13. The molecule has 0 aromatic carbocycles. The molecule has 2 heterocycles. The molecule has 5 heteroatoms. The third-order valence-electron chi connectivity index (χ3n) is 1.79. The van der Waals surface area contributed by atoms with Gasteiger partial charge in [-0.05, 0) is 6.07 Å². The first kappa shape index (κ1) is 7.97. The number of rotatable bonds is 2. The monoisotopic (exact) mass is 177 g/mol. The van der Waals surface area contributed by atoms with Gasteiger partial charge in [0, 0.05) is 12.1 Å². The minimum atomic E-state index is 0.365. The van der Waals surface area contributed by atoms with Gasteiger partial charge in [0.15, 0.2) is 5.82 Å². The maximum atomic E-state index is 4.31. The van der Waals surface area contributed by atoms with Gasteiger partial charge in [-0.1, -0.05) is 13.8 Å². The largest absolute Gasteiger partial charge is 0.275 e. The van der Waals surface area contributed by atoms with E-state index in [1.165, 1.54) is 0 Å². The molecule has 2 N–H and O–H groups in total. The molecule has 0 atom stereocenters. The summed E-state index contributed by atoms with van der Waals surface area (Å²) in [6, 6.07) is 1.84. The van der Waals surface area contributed by atoms with Gasteiger partial charge in [-0.25, -0.2) is 4.98 Å². The van der Waals surface area contributed by atoms with Gasteiger partial charge < -0.3 is 0 Å². The van der Waals surface area contributed by atoms with Crippen molar-refractivity contribution in [3.63, 3.8) is 0 Å². The summed E-state index contributed by atoms with van der Waals surface area (Å²) in [6.07, 6.45) is 1.68. The summed E-state index contributed by atoms with van der Waals surface area (Å²) in [5.41, 5.74) is 0.836. The molecule has 0 bridgehead atoms. The third-order valence-corrected chi connectivity index (χ3v) is 1.79. The van der Waals surface area contributed by atoms with Crippen LogP contribution in [-0.4, -0.2) is 25.4 Å². The van der Waals surface area contributed by atoms with Crippen LogP contribution < -0.4 is 0 Å². The van der Waals surface area contributed by atoms with Gasteiger partial charge in [0.2, 0.25) is 0 Å². The minimum absolute atomic E-state index is 0.365. The van der Waals surface area contributed by atoms with E-state index in [4.69, 9.17) is 0 Å². The highest BCUT2D eigenvalue weighted by Gasteiger charge is 2.08. The average Bonchev–Trinajstić information content (AvgIpc) is 2.75. The lowest BCUT2D eigenvalue weighted by atomic mass is 10.2. The Morgan fingerprint density at radius 2 is 2.15 bits per heavy atom. The molecule has 2 aromatic rings. The number of H-pyrrole nitrogens is 2. The molecule has 2 aromatic heterocycles. The van der Waals surface area contributed by atoms with Gasteiger partial charge in [0.25, 0.3) is 0 Å². The second-order valence-corrected chi connectivity index (χ2v) is 3.17. The molecular weight excluding hydrogens is 166 g/mol. The molecule has 0 spiro atoms. The Balaban J connectivity index is 2.33. The van der Waals surface area contributed by atoms with Crippen molar-refractivity contribution in [3.8, 4) is 11.5 Å². The summed E-state index contributed by atoms with van der Waals surface area (Å²) in [5, 5.41) is 13.6. The van der Waals surface area contributed by atoms with Crippen molar-refractivity contribution in [2.75, 3.05) is 0 Å². The highest BCUT2D eigenvalue weighted by Crippen LogP contribution is 2.13. The van der Waals surface area contributed by atoms with E-state index >= 15 is 0 Å². The average molecular weight is 177 g/mol. The highest BCUT2D eigenvalue weighted by atomic mass is 15.2. The predicted octanol–water partition coefficient (Wildman–Crippen LogP) is 1.32. The van der Waals surface area contributed by atoms with Gasteiger partial charge in [-0.3, -0.25) is 10.2 Å². The topological polar surface area (TPSA) is 70.2 Å². The van der Waals surface area contributed by atoms with E-state index in [1.54, 1.807) is 6.20 Å². The van der Waals surface area contributed by atoms with Crippen LogP contribution in [0.4, 0.5) is 0 Å². The Morgan fingerprint density at radius 1 is 1.31 bits per heavy atom. The smallest absolute Gasteiger partial charge is 0.199 e. The molecule has 0 fully saturated rings. The first-order chi connectivity index (χ1) is 6.27. The molecule has 0 radical (unpaired) electrons. The lowest BCUT2D eigenvalue weighted by Crippen LogP contribution is -1.89. The molecule has 2 rings (SSSR count). The van der Waals surface area contributed by atoms with E-state index in [0.29, 0.717) is 11.7 Å². The Hall–Kier alpha value is -1.65. The summed E-state index contributed by atoms with van der Waals surface area (Å²) in [4.78, 5) is 4.31. The normalized spacial score (nSPS) is 11.0. The Bertz CT molecular complexity index is 373. The van der Waals surface area contributed by atoms with Crippen molar-refractivity contribution in [2.45, 2.75) is 19.8 Å². The lowest BCUT2D eigenvalue weighted by molar-refractivity contribution is 0.781. The number of aromatic nitrogens is 5. The molecule has 5 nitrogen and oxygen atoms in total. The Labute approximate surface area is 75.6 Å². The predicted molar refractivity (Wildman–Crippen MR) is 48.1 cm³/mol. The zero-order chi connectivity index (χ0) is 9.26. The standard InChI is InChI=1S/C8H11N5/c1-5(2)7-10-8(13-12-7)6-3-4-9-11-6/h3-5H,1-2H3,(H,9,11)(H,10,12,13). The van der Waals surface area contributed by atoms with Crippen molar-refractivity contribution in [1.29, 1.82) is 0 Å². The van der Waals surface area contributed by atoms with Crippen LogP contribution in [0.2, 0.25) is 0 Å². The first-order valence-corrected chi connectivity index (χ1v) is 4.19. The highest BCUT2D eigenvalue weighted by molar-refractivity contribution is 5.46. The molecular formula is C8H11N5. The van der Waals surface area contributed by atoms with Crippen molar-refractivity contribution in [3.05, 3.63) is 18.1 Å². The SMILES string of the molecule is CC(C)c1nc(-c2ccn[nH]2)n[nH]1. The fourth-order valence-electron chi connectivity index (χ4n) is 1.03. The number of nitrogens with one attached hydrogen (secondary N) is 2. The fourth-order valence-corrected chi connectivity index (χ4v) is 1.03. The van der Waals surface area contributed by atoms with Crippen LogP contribution in [0.15, 0.2) is 12.3 Å². The second kappa shape index (κ2) is 3.01. The number of aromatic amines is 2. The number of hydrogen-bond donors (Lipinski definition) is 2. The third kappa shape index (κ3) is 1.44. The van der Waals surface area contributed by atoms with Crippen LogP contribution in [0.3, 0.4) is 0 Å². The first-order valence-electron chi connectivity index (χ1n) is 4.19. The zero-order valence-electron chi connectivity index (χ0n) is 7.57. The van der Waals surface area contributed by atoms with Crippen LogP contribution in [0.5, 0.6) is 0 Å². The molecule has 0 aliphatic rings. The molecule has 0 aliphatic carbocycles. The number of hydrogen-bond acceptors (Lipinski definition) is 3. The quantitative estimate of drug-likeness (QED) is 0.726. The summed E-state index contributed by atoms with van der Waals surface area (Å²) in [7, 11) is 0. The van der Waals surface area contributed by atoms with E-state index in [9.17, 15) is 0 Å². The summed E-state index contributed by atoms with van der Waals surface area (Å²) in [5.74, 6) is 1.93. The zero-order valence-corrected chi connectivity index (χ0v) is 7.57. The van der Waals surface area contributed by atoms with E-state index in [-0.39, 0.29) is 0 Å². The number of nitrogens with zero attached hydrogens (tertiary/aromatic N) is 3. The molecule has 0 unspecified atom stereocenters. The summed E-state index contributed by atoms with van der Waals surface area (Å²) >= 11 is 0. The van der Waals surface area contributed by atoms with E-state index in [2.05, 4.69) is 39.2 Å². The molecule has 0 aliphatic heterocycles. The van der Waals surface area contributed by atoms with E-state index < -0.39 is 0 Å². The lowest BCUT2D eigenvalue weighted by Gasteiger charge is -1.94. The van der Waals surface area contributed by atoms with Crippen LogP contribution in [0.1, 0.15) is 25.6 Å². The van der Waals surface area contributed by atoms with Crippen molar-refractivity contribution in [2.24, 2.45) is 0 Å². The van der Waals surface area contributed by atoms with Gasteiger partial charge in [0.05, 0.1) is 0 Å². The van der Waals surface area contributed by atoms with Crippen molar-refractivity contribution in [1.82, 2.24) is 25.4 Å². The van der Waals surface area contributed by atoms with Gasteiger partial charge >= 0.3 is 0 Å². The van der Waals surface area contributed by atoms with Gasteiger partial charge in [-0.2, -0.15) is 10.2 Å². The van der Waals surface area contributed by atoms with Crippen LogP contribution in [-0.2, 0) is 0 Å². The van der Waals surface area contributed by atoms with Crippen molar-refractivity contribution < 1.29 is 0 Å². The second-order valence-electron chi connectivity index (χ2n) is 3.17. The molecule has 68 valence electrons. The maximum Gasteiger partial charge on any atom is 0.199 e. The van der Waals surface area contributed by atoms with Crippen LogP contribution in [0.25, 0.3) is 11.5 Å². The van der Waals surface area contributed by atoms with Gasteiger partial charge in [-0.15, -0.1) is 0 Å². The Morgan fingerprint density at radius 3 is 2.69 bits per heavy atom. The van der Waals surface area contributed by atoms with E-state index in [0.717, 1.165) is 11.5 Å². The maximum absolute atomic E-state index is 4.31. The fraction of sp³-hybridized carbons (Fsp3) is 0.375. The summed E-state index contributed by atoms with van der Waals surface area (Å²) < 4.78 is 0. The van der Waals surface area contributed by atoms with Crippen LogP contribution >= 0.6 is 0 Å². The molecule has 0 amide bonds. The molecule has 0 saturated heterocycles. The van der Waals surface area contributed by atoms with E-state index in [1.807, 2.05) is 6.07 Å². The van der Waals surface area contributed by atoms with Crippen LogP contribution in [0, 0.1) is 0 Å². The minimum Gasteiger partial charge on any atom is -0.275 e. The van der Waals surface area contributed by atoms with Crippen molar-refractivity contribution >= 4 is 0 Å². The molecule has 13 heavy (non-hydrogen) atoms. The van der Waals surface area contributed by atoms with Gasteiger partial charge in [0.1, 0.15) is 11.5 Å².